The minimum absolute atomic E-state index is 0.115. The molecule has 2 heterocycles. The minimum Gasteiger partial charge on any atom is -0.478 e. The number of nitrogens with zero attached hydrogens (tertiary/aromatic N) is 1. The maximum atomic E-state index is 11.0. The number of rotatable bonds is 4. The number of pyridine rings is 1. The van der Waals surface area contributed by atoms with Crippen molar-refractivity contribution in [2.75, 3.05) is 5.32 Å². The van der Waals surface area contributed by atoms with E-state index in [0.717, 1.165) is 5.56 Å². The van der Waals surface area contributed by atoms with E-state index in [1.54, 1.807) is 11.3 Å². The molecule has 0 amide bonds. The number of aromatic carboxylic acids is 1. The van der Waals surface area contributed by atoms with E-state index in [1.807, 2.05) is 16.8 Å². The second kappa shape index (κ2) is 5.16. The van der Waals surface area contributed by atoms with Crippen LogP contribution in [0.5, 0.6) is 0 Å². The van der Waals surface area contributed by atoms with Crippen LogP contribution >= 0.6 is 22.9 Å². The van der Waals surface area contributed by atoms with Crippen LogP contribution in [0.2, 0.25) is 5.15 Å². The molecule has 0 unspecified atom stereocenters. The molecule has 2 aromatic heterocycles. The average Bonchev–Trinajstić information content (AvgIpc) is 2.78. The van der Waals surface area contributed by atoms with Gasteiger partial charge in [0.1, 0.15) is 16.5 Å². The first-order valence-corrected chi connectivity index (χ1v) is 6.13. The van der Waals surface area contributed by atoms with Crippen LogP contribution in [0.1, 0.15) is 15.9 Å². The van der Waals surface area contributed by atoms with E-state index < -0.39 is 5.97 Å². The van der Waals surface area contributed by atoms with E-state index in [4.69, 9.17) is 16.7 Å². The molecule has 0 atom stereocenters. The molecule has 0 spiro atoms. The molecule has 2 rings (SSSR count). The number of anilines is 1. The lowest BCUT2D eigenvalue weighted by molar-refractivity contribution is 0.0697. The third-order valence-corrected chi connectivity index (χ3v) is 3.07. The number of hydrogen-bond donors (Lipinski definition) is 2. The van der Waals surface area contributed by atoms with Gasteiger partial charge in [-0.15, -0.1) is 0 Å². The third-order valence-electron chi connectivity index (χ3n) is 2.13. The first-order chi connectivity index (χ1) is 8.16. The second-order valence-corrected chi connectivity index (χ2v) is 4.49. The average molecular weight is 269 g/mol. The molecule has 0 bridgehead atoms. The lowest BCUT2D eigenvalue weighted by Crippen LogP contribution is -2.08. The summed E-state index contributed by atoms with van der Waals surface area (Å²) in [6.07, 6.45) is 0. The van der Waals surface area contributed by atoms with E-state index in [0.29, 0.717) is 6.54 Å². The van der Waals surface area contributed by atoms with Crippen molar-refractivity contribution >= 4 is 34.7 Å². The zero-order chi connectivity index (χ0) is 12.3. The van der Waals surface area contributed by atoms with Crippen molar-refractivity contribution in [2.24, 2.45) is 0 Å². The standard InChI is InChI=1S/C11H9ClN2O2S/c12-9-2-1-8(11(15)16)10(14-9)13-5-7-3-4-17-6-7/h1-4,6H,5H2,(H,13,14)(H,15,16). The van der Waals surface area contributed by atoms with Gasteiger partial charge in [0.05, 0.1) is 0 Å². The zero-order valence-corrected chi connectivity index (χ0v) is 10.3. The lowest BCUT2D eigenvalue weighted by Gasteiger charge is -2.07. The summed E-state index contributed by atoms with van der Waals surface area (Å²) in [7, 11) is 0. The Morgan fingerprint density at radius 1 is 1.47 bits per heavy atom. The summed E-state index contributed by atoms with van der Waals surface area (Å²) in [5, 5.41) is 16.2. The Balaban J connectivity index is 2.19. The Kier molecular flexibility index (Phi) is 3.61. The van der Waals surface area contributed by atoms with Crippen molar-refractivity contribution < 1.29 is 9.90 Å². The van der Waals surface area contributed by atoms with Crippen molar-refractivity contribution in [1.82, 2.24) is 4.98 Å². The molecule has 6 heteroatoms. The predicted octanol–water partition coefficient (Wildman–Crippen LogP) is 3.11. The number of carboxylic acid groups (broad SMARTS) is 1. The highest BCUT2D eigenvalue weighted by Gasteiger charge is 2.11. The van der Waals surface area contributed by atoms with Gasteiger partial charge in [0, 0.05) is 6.54 Å². The highest BCUT2D eigenvalue weighted by molar-refractivity contribution is 7.07. The predicted molar refractivity (Wildman–Crippen MR) is 67.9 cm³/mol. The second-order valence-electron chi connectivity index (χ2n) is 3.32. The normalized spacial score (nSPS) is 10.2. The van der Waals surface area contributed by atoms with Gasteiger partial charge in [0.25, 0.3) is 0 Å². The Bertz CT molecular complexity index is 528. The molecule has 17 heavy (non-hydrogen) atoms. The number of halogens is 1. The molecule has 0 saturated heterocycles. The number of hydrogen-bond acceptors (Lipinski definition) is 4. The molecule has 2 aromatic rings. The van der Waals surface area contributed by atoms with Crippen molar-refractivity contribution in [1.29, 1.82) is 0 Å². The van der Waals surface area contributed by atoms with Gasteiger partial charge in [-0.2, -0.15) is 11.3 Å². The van der Waals surface area contributed by atoms with Crippen LogP contribution in [-0.4, -0.2) is 16.1 Å². The van der Waals surface area contributed by atoms with Gasteiger partial charge in [-0.1, -0.05) is 11.6 Å². The van der Waals surface area contributed by atoms with Crippen LogP contribution in [0.15, 0.2) is 29.0 Å². The third kappa shape index (κ3) is 2.95. The first kappa shape index (κ1) is 11.9. The summed E-state index contributed by atoms with van der Waals surface area (Å²) < 4.78 is 0. The largest absolute Gasteiger partial charge is 0.478 e. The number of nitrogens with one attached hydrogen (secondary N) is 1. The summed E-state index contributed by atoms with van der Waals surface area (Å²) in [4.78, 5) is 14.9. The minimum atomic E-state index is -1.03. The number of thiophene rings is 1. The van der Waals surface area contributed by atoms with Crippen molar-refractivity contribution in [3.8, 4) is 0 Å². The molecule has 4 nitrogen and oxygen atoms in total. The Morgan fingerprint density at radius 3 is 2.94 bits per heavy atom. The molecular weight excluding hydrogens is 260 g/mol. The monoisotopic (exact) mass is 268 g/mol. The molecule has 0 aliphatic carbocycles. The number of aromatic nitrogens is 1. The Labute approximate surface area is 107 Å². The molecule has 88 valence electrons. The topological polar surface area (TPSA) is 62.2 Å². The molecule has 0 aliphatic heterocycles. The SMILES string of the molecule is O=C(O)c1ccc(Cl)nc1NCc1ccsc1. The van der Waals surface area contributed by atoms with E-state index in [-0.39, 0.29) is 16.5 Å². The van der Waals surface area contributed by atoms with E-state index in [9.17, 15) is 4.79 Å². The van der Waals surface area contributed by atoms with Gasteiger partial charge in [0.2, 0.25) is 0 Å². The number of carbonyl (C=O) groups is 1. The first-order valence-electron chi connectivity index (χ1n) is 4.81. The van der Waals surface area contributed by atoms with Crippen molar-refractivity contribution in [3.05, 3.63) is 45.2 Å². The van der Waals surface area contributed by atoms with E-state index in [2.05, 4.69) is 10.3 Å². The smallest absolute Gasteiger partial charge is 0.339 e. The molecule has 0 radical (unpaired) electrons. The van der Waals surface area contributed by atoms with E-state index >= 15 is 0 Å². The quantitative estimate of drug-likeness (QED) is 0.837. The summed E-state index contributed by atoms with van der Waals surface area (Å²) in [6.45, 7) is 0.525. The summed E-state index contributed by atoms with van der Waals surface area (Å²) in [5.41, 5.74) is 1.19. The summed E-state index contributed by atoms with van der Waals surface area (Å²) >= 11 is 7.33. The maximum Gasteiger partial charge on any atom is 0.339 e. The van der Waals surface area contributed by atoms with Gasteiger partial charge in [-0.25, -0.2) is 9.78 Å². The van der Waals surface area contributed by atoms with Crippen LogP contribution in [0, 0.1) is 0 Å². The maximum absolute atomic E-state index is 11.0. The van der Waals surface area contributed by atoms with Gasteiger partial charge in [0.15, 0.2) is 0 Å². The van der Waals surface area contributed by atoms with Crippen LogP contribution in [0.4, 0.5) is 5.82 Å². The van der Waals surface area contributed by atoms with Gasteiger partial charge < -0.3 is 10.4 Å². The fraction of sp³-hybridized carbons (Fsp3) is 0.0909. The highest BCUT2D eigenvalue weighted by Crippen LogP contribution is 2.18. The van der Waals surface area contributed by atoms with Gasteiger partial charge in [-0.05, 0) is 34.5 Å². The summed E-state index contributed by atoms with van der Waals surface area (Å²) in [5.74, 6) is -0.738. The zero-order valence-electron chi connectivity index (χ0n) is 8.68. The van der Waals surface area contributed by atoms with Gasteiger partial charge >= 0.3 is 5.97 Å². The Hall–Kier alpha value is -1.59. The van der Waals surface area contributed by atoms with Crippen LogP contribution in [-0.2, 0) is 6.54 Å². The van der Waals surface area contributed by atoms with E-state index in [1.165, 1.54) is 12.1 Å². The lowest BCUT2D eigenvalue weighted by atomic mass is 10.2. The van der Waals surface area contributed by atoms with Crippen LogP contribution in [0.3, 0.4) is 0 Å². The van der Waals surface area contributed by atoms with Crippen LogP contribution < -0.4 is 5.32 Å². The molecule has 2 N–H and O–H groups in total. The van der Waals surface area contributed by atoms with Crippen LogP contribution in [0.25, 0.3) is 0 Å². The molecule has 0 saturated carbocycles. The highest BCUT2D eigenvalue weighted by atomic mass is 35.5. The fourth-order valence-electron chi connectivity index (χ4n) is 1.32. The fourth-order valence-corrected chi connectivity index (χ4v) is 2.14. The summed E-state index contributed by atoms with van der Waals surface area (Å²) in [6, 6.07) is 4.86. The van der Waals surface area contributed by atoms with Crippen molar-refractivity contribution in [2.45, 2.75) is 6.54 Å². The Morgan fingerprint density at radius 2 is 2.29 bits per heavy atom. The molecular formula is C11H9ClN2O2S. The molecule has 0 fully saturated rings. The van der Waals surface area contributed by atoms with Crippen molar-refractivity contribution in [3.63, 3.8) is 0 Å². The van der Waals surface area contributed by atoms with Gasteiger partial charge in [-0.3, -0.25) is 0 Å². The number of carboxylic acids is 1. The molecule has 0 aliphatic rings. The molecule has 0 aromatic carbocycles.